The molecule has 0 heterocycles. The van der Waals surface area contributed by atoms with E-state index in [1.54, 1.807) is 0 Å². The van der Waals surface area contributed by atoms with Crippen molar-refractivity contribution >= 4 is 8.56 Å². The predicted molar refractivity (Wildman–Crippen MR) is 95.9 cm³/mol. The van der Waals surface area contributed by atoms with E-state index < -0.39 is 8.56 Å². The van der Waals surface area contributed by atoms with Gasteiger partial charge in [-0.15, -0.1) is 6.58 Å². The lowest BCUT2D eigenvalue weighted by atomic mass is 10.2. The zero-order chi connectivity index (χ0) is 15.8. The minimum absolute atomic E-state index is 0.841. The summed E-state index contributed by atoms with van der Waals surface area (Å²) in [6.45, 7) is 12.4. The Bertz CT molecular complexity index is 200. The molecule has 0 aromatic carbocycles. The van der Waals surface area contributed by atoms with Crippen LogP contribution in [0, 0.1) is 0 Å². The third-order valence-corrected chi connectivity index (χ3v) is 6.94. The Morgan fingerprint density at radius 2 is 1.19 bits per heavy atom. The van der Waals surface area contributed by atoms with Crippen LogP contribution in [0.25, 0.3) is 0 Å². The van der Waals surface area contributed by atoms with Crippen LogP contribution in [0.4, 0.5) is 0 Å². The van der Waals surface area contributed by atoms with Crippen molar-refractivity contribution in [3.8, 4) is 0 Å². The Hall–Kier alpha value is -0.123. The lowest BCUT2D eigenvalue weighted by molar-refractivity contribution is 0.171. The second-order valence-corrected chi connectivity index (χ2v) is 9.05. The summed E-state index contributed by atoms with van der Waals surface area (Å²) in [6.07, 6.45) is 12.3. The Balaban J connectivity index is 4.26. The van der Waals surface area contributed by atoms with Crippen LogP contribution in [0.3, 0.4) is 0 Å². The van der Waals surface area contributed by atoms with E-state index in [-0.39, 0.29) is 0 Å². The smallest absolute Gasteiger partial charge is 0.364 e. The molecule has 0 radical (unpaired) electrons. The van der Waals surface area contributed by atoms with E-state index in [0.29, 0.717) is 0 Å². The minimum Gasteiger partial charge on any atom is -0.391 e. The number of rotatable bonds is 16. The molecular formula is C18H38O2Si. The lowest BCUT2D eigenvalue weighted by Crippen LogP contribution is -2.41. The van der Waals surface area contributed by atoms with Gasteiger partial charge in [-0.25, -0.2) is 0 Å². The molecule has 0 aliphatic rings. The van der Waals surface area contributed by atoms with E-state index in [1.807, 2.05) is 5.70 Å². The fraction of sp³-hybridized carbons (Fsp3) is 0.889. The maximum Gasteiger partial charge on any atom is 0.364 e. The predicted octanol–water partition coefficient (Wildman–Crippen LogP) is 6.15. The van der Waals surface area contributed by atoms with E-state index in [1.165, 1.54) is 51.4 Å². The third-order valence-electron chi connectivity index (χ3n) is 3.88. The normalized spacial score (nSPS) is 11.8. The number of hydrogen-bond acceptors (Lipinski definition) is 2. The van der Waals surface area contributed by atoms with Crippen molar-refractivity contribution in [3.05, 3.63) is 12.3 Å². The minimum atomic E-state index is -2.16. The van der Waals surface area contributed by atoms with Gasteiger partial charge in [0.05, 0.1) is 0 Å². The molecule has 126 valence electrons. The molecule has 0 aromatic rings. The first kappa shape index (κ1) is 20.9. The first-order chi connectivity index (χ1) is 10.2. The van der Waals surface area contributed by atoms with E-state index >= 15 is 0 Å². The van der Waals surface area contributed by atoms with Gasteiger partial charge < -0.3 is 8.85 Å². The first-order valence-electron chi connectivity index (χ1n) is 9.16. The molecule has 0 N–H and O–H groups in total. The standard InChI is InChI=1S/C18H38O2Si/c1-5-9-12-15-18-21(8-4,19-16-13-10-6-2)20-17-14-11-7-3/h8H,4-7,9-18H2,1-3H3. The molecule has 0 saturated heterocycles. The maximum atomic E-state index is 6.24. The van der Waals surface area contributed by atoms with Gasteiger partial charge in [-0.2, -0.15) is 0 Å². The van der Waals surface area contributed by atoms with Crippen molar-refractivity contribution in [2.24, 2.45) is 0 Å². The molecule has 3 heteroatoms. The summed E-state index contributed by atoms with van der Waals surface area (Å²) in [7, 11) is -2.16. The molecule has 0 amide bonds. The fourth-order valence-electron chi connectivity index (χ4n) is 2.40. The Morgan fingerprint density at radius 1 is 0.714 bits per heavy atom. The SMILES string of the molecule is C=C[Si](CCCCCC)(OCCCCC)OCCCCC. The molecule has 0 rings (SSSR count). The summed E-state index contributed by atoms with van der Waals surface area (Å²) in [6, 6.07) is 1.08. The molecule has 0 aromatic heterocycles. The highest BCUT2D eigenvalue weighted by Gasteiger charge is 2.33. The van der Waals surface area contributed by atoms with Crippen molar-refractivity contribution in [1.82, 2.24) is 0 Å². The Labute approximate surface area is 134 Å². The van der Waals surface area contributed by atoms with Gasteiger partial charge in [0.2, 0.25) is 0 Å². The van der Waals surface area contributed by atoms with Gasteiger partial charge in [0.1, 0.15) is 0 Å². The van der Waals surface area contributed by atoms with E-state index in [4.69, 9.17) is 8.85 Å². The van der Waals surface area contributed by atoms with Gasteiger partial charge in [-0.3, -0.25) is 0 Å². The van der Waals surface area contributed by atoms with Crippen molar-refractivity contribution < 1.29 is 8.85 Å². The average Bonchev–Trinajstić information content (AvgIpc) is 2.51. The topological polar surface area (TPSA) is 18.5 Å². The van der Waals surface area contributed by atoms with E-state index in [2.05, 4.69) is 27.4 Å². The molecule has 0 fully saturated rings. The molecule has 0 atom stereocenters. The van der Waals surface area contributed by atoms with Gasteiger partial charge >= 0.3 is 8.56 Å². The molecule has 0 unspecified atom stereocenters. The van der Waals surface area contributed by atoms with Crippen molar-refractivity contribution in [1.29, 1.82) is 0 Å². The van der Waals surface area contributed by atoms with Gasteiger partial charge in [0.15, 0.2) is 0 Å². The van der Waals surface area contributed by atoms with Crippen LogP contribution in [0.2, 0.25) is 6.04 Å². The molecule has 0 spiro atoms. The average molecular weight is 315 g/mol. The van der Waals surface area contributed by atoms with Gasteiger partial charge in [0, 0.05) is 13.2 Å². The van der Waals surface area contributed by atoms with Crippen LogP contribution in [0.1, 0.15) is 85.0 Å². The quantitative estimate of drug-likeness (QED) is 0.251. The van der Waals surface area contributed by atoms with Gasteiger partial charge in [-0.05, 0) is 24.6 Å². The fourth-order valence-corrected chi connectivity index (χ4v) is 4.93. The molecule has 2 nitrogen and oxygen atoms in total. The van der Waals surface area contributed by atoms with Crippen LogP contribution in [0.15, 0.2) is 12.3 Å². The summed E-state index contributed by atoms with van der Waals surface area (Å²) < 4.78 is 12.5. The lowest BCUT2D eigenvalue weighted by Gasteiger charge is -2.28. The zero-order valence-electron chi connectivity index (χ0n) is 14.8. The second kappa shape index (κ2) is 14.8. The van der Waals surface area contributed by atoms with Crippen LogP contribution in [-0.2, 0) is 8.85 Å². The van der Waals surface area contributed by atoms with Crippen LogP contribution in [0.5, 0.6) is 0 Å². The largest absolute Gasteiger partial charge is 0.391 e. The highest BCUT2D eigenvalue weighted by Crippen LogP contribution is 2.21. The number of hydrogen-bond donors (Lipinski definition) is 0. The van der Waals surface area contributed by atoms with Crippen molar-refractivity contribution in [2.75, 3.05) is 13.2 Å². The maximum absolute atomic E-state index is 6.24. The summed E-state index contributed by atoms with van der Waals surface area (Å²) >= 11 is 0. The zero-order valence-corrected chi connectivity index (χ0v) is 15.8. The number of unbranched alkanes of at least 4 members (excludes halogenated alkanes) is 7. The highest BCUT2D eigenvalue weighted by molar-refractivity contribution is 6.72. The first-order valence-corrected chi connectivity index (χ1v) is 11.3. The van der Waals surface area contributed by atoms with E-state index in [9.17, 15) is 0 Å². The monoisotopic (exact) mass is 314 g/mol. The van der Waals surface area contributed by atoms with E-state index in [0.717, 1.165) is 32.1 Å². The van der Waals surface area contributed by atoms with Crippen molar-refractivity contribution in [2.45, 2.75) is 91.0 Å². The van der Waals surface area contributed by atoms with Crippen LogP contribution >= 0.6 is 0 Å². The van der Waals surface area contributed by atoms with Gasteiger partial charge in [0.25, 0.3) is 0 Å². The molecule has 0 aliphatic heterocycles. The summed E-state index contributed by atoms with van der Waals surface area (Å²) in [4.78, 5) is 0. The molecular weight excluding hydrogens is 276 g/mol. The summed E-state index contributed by atoms with van der Waals surface area (Å²) in [5, 5.41) is 0. The molecule has 0 aliphatic carbocycles. The van der Waals surface area contributed by atoms with Crippen LogP contribution in [-0.4, -0.2) is 21.8 Å². The highest BCUT2D eigenvalue weighted by atomic mass is 28.4. The van der Waals surface area contributed by atoms with Crippen molar-refractivity contribution in [3.63, 3.8) is 0 Å². The Kier molecular flexibility index (Phi) is 14.7. The molecule has 0 saturated carbocycles. The van der Waals surface area contributed by atoms with Crippen LogP contribution < -0.4 is 0 Å². The van der Waals surface area contributed by atoms with Gasteiger partial charge in [-0.1, -0.05) is 72.1 Å². The third kappa shape index (κ3) is 11.1. The molecule has 0 bridgehead atoms. The Morgan fingerprint density at radius 3 is 1.62 bits per heavy atom. The second-order valence-electron chi connectivity index (χ2n) is 5.94. The summed E-state index contributed by atoms with van der Waals surface area (Å²) in [5.41, 5.74) is 2.02. The molecule has 21 heavy (non-hydrogen) atoms. The summed E-state index contributed by atoms with van der Waals surface area (Å²) in [5.74, 6) is 0.